The van der Waals surface area contributed by atoms with Crippen LogP contribution in [-0.2, 0) is 0 Å². The molecule has 6 heteroatoms. The second-order valence-corrected chi connectivity index (χ2v) is 5.82. The molecule has 0 saturated heterocycles. The Balaban J connectivity index is 1.75. The number of methoxy groups -OCH3 is 2. The minimum atomic E-state index is -0.313. The van der Waals surface area contributed by atoms with Crippen molar-refractivity contribution in [2.75, 3.05) is 31.5 Å². The molecule has 1 N–H and O–H groups in total. The molecule has 138 valence electrons. The number of anilines is 3. The van der Waals surface area contributed by atoms with Gasteiger partial charge in [0.1, 0.15) is 17.2 Å². The van der Waals surface area contributed by atoms with Gasteiger partial charge < -0.3 is 19.7 Å². The topological polar surface area (TPSA) is 63.7 Å². The van der Waals surface area contributed by atoms with Crippen LogP contribution in [0.4, 0.5) is 17.1 Å². The van der Waals surface area contributed by atoms with Crippen molar-refractivity contribution in [2.45, 2.75) is 0 Å². The third-order valence-electron chi connectivity index (χ3n) is 4.17. The number of benzene rings is 2. The van der Waals surface area contributed by atoms with Gasteiger partial charge in [-0.25, -0.2) is 4.98 Å². The van der Waals surface area contributed by atoms with E-state index in [-0.39, 0.29) is 5.91 Å². The quantitative estimate of drug-likeness (QED) is 0.714. The molecule has 1 amide bonds. The molecule has 0 saturated carbocycles. The third-order valence-corrected chi connectivity index (χ3v) is 4.17. The maximum atomic E-state index is 12.5. The summed E-state index contributed by atoms with van der Waals surface area (Å²) in [5.74, 6) is 0.854. The molecule has 0 atom stereocenters. The van der Waals surface area contributed by atoms with Crippen LogP contribution in [0.3, 0.4) is 0 Å². The smallest absolute Gasteiger partial charge is 0.274 e. The lowest BCUT2D eigenvalue weighted by Crippen LogP contribution is -2.15. The highest BCUT2D eigenvalue weighted by Crippen LogP contribution is 2.29. The number of pyridine rings is 1. The molecule has 2 aromatic carbocycles. The largest absolute Gasteiger partial charge is 0.497 e. The fourth-order valence-corrected chi connectivity index (χ4v) is 2.61. The van der Waals surface area contributed by atoms with Crippen LogP contribution in [0.1, 0.15) is 10.5 Å². The van der Waals surface area contributed by atoms with Crippen LogP contribution in [0.2, 0.25) is 0 Å². The van der Waals surface area contributed by atoms with Crippen LogP contribution in [-0.4, -0.2) is 32.2 Å². The van der Waals surface area contributed by atoms with Gasteiger partial charge in [-0.3, -0.25) is 4.79 Å². The second-order valence-electron chi connectivity index (χ2n) is 5.82. The molecule has 0 fully saturated rings. The lowest BCUT2D eigenvalue weighted by atomic mass is 10.2. The van der Waals surface area contributed by atoms with Gasteiger partial charge in [-0.05, 0) is 36.4 Å². The number of carbonyl (C=O) groups is 1. The number of amides is 1. The zero-order chi connectivity index (χ0) is 19.2. The van der Waals surface area contributed by atoms with Gasteiger partial charge in [-0.15, -0.1) is 0 Å². The standard InChI is InChI=1S/C21H21N3O3/c1-24(15-7-5-4-6-8-15)16-9-11-19(22-14-16)21(25)23-18-12-10-17(26-2)13-20(18)27-3/h4-14H,1-3H3,(H,23,25). The molecule has 1 heterocycles. The minimum absolute atomic E-state index is 0.313. The van der Waals surface area contributed by atoms with E-state index in [1.54, 1.807) is 37.6 Å². The van der Waals surface area contributed by atoms with Crippen molar-refractivity contribution >= 4 is 23.0 Å². The summed E-state index contributed by atoms with van der Waals surface area (Å²) in [6.45, 7) is 0. The van der Waals surface area contributed by atoms with E-state index in [2.05, 4.69) is 10.3 Å². The van der Waals surface area contributed by atoms with Gasteiger partial charge in [-0.2, -0.15) is 0 Å². The highest BCUT2D eigenvalue weighted by Gasteiger charge is 2.13. The molecule has 0 aliphatic heterocycles. The average molecular weight is 363 g/mol. The van der Waals surface area contributed by atoms with E-state index in [1.165, 1.54) is 7.11 Å². The van der Waals surface area contributed by atoms with Gasteiger partial charge >= 0.3 is 0 Å². The maximum Gasteiger partial charge on any atom is 0.274 e. The number of nitrogens with zero attached hydrogens (tertiary/aromatic N) is 2. The maximum absolute atomic E-state index is 12.5. The molecule has 0 bridgehead atoms. The first-order valence-electron chi connectivity index (χ1n) is 8.40. The van der Waals surface area contributed by atoms with Gasteiger partial charge in [0, 0.05) is 18.8 Å². The third kappa shape index (κ3) is 4.17. The van der Waals surface area contributed by atoms with Crippen LogP contribution in [0, 0.1) is 0 Å². The number of hydrogen-bond donors (Lipinski definition) is 1. The van der Waals surface area contributed by atoms with Crippen molar-refractivity contribution in [3.05, 3.63) is 72.6 Å². The van der Waals surface area contributed by atoms with E-state index < -0.39 is 0 Å². The summed E-state index contributed by atoms with van der Waals surface area (Å²) in [7, 11) is 5.07. The van der Waals surface area contributed by atoms with E-state index in [0.29, 0.717) is 22.9 Å². The van der Waals surface area contributed by atoms with Gasteiger partial charge in [0.25, 0.3) is 5.91 Å². The monoisotopic (exact) mass is 363 g/mol. The SMILES string of the molecule is COc1ccc(NC(=O)c2ccc(N(C)c3ccccc3)cn2)c(OC)c1. The van der Waals surface area contributed by atoms with Gasteiger partial charge in [0.2, 0.25) is 0 Å². The summed E-state index contributed by atoms with van der Waals surface area (Å²) in [4.78, 5) is 18.8. The summed E-state index contributed by atoms with van der Waals surface area (Å²) in [5.41, 5.74) is 2.80. The van der Waals surface area contributed by atoms with Crippen LogP contribution in [0.25, 0.3) is 0 Å². The predicted octanol–water partition coefficient (Wildman–Crippen LogP) is 4.12. The zero-order valence-electron chi connectivity index (χ0n) is 15.5. The molecular formula is C21H21N3O3. The molecule has 0 aliphatic rings. The zero-order valence-corrected chi connectivity index (χ0v) is 15.5. The Kier molecular flexibility index (Phi) is 5.56. The van der Waals surface area contributed by atoms with E-state index in [9.17, 15) is 4.79 Å². The van der Waals surface area contributed by atoms with E-state index >= 15 is 0 Å². The van der Waals surface area contributed by atoms with Crippen molar-refractivity contribution in [2.24, 2.45) is 0 Å². The molecule has 0 aliphatic carbocycles. The lowest BCUT2D eigenvalue weighted by Gasteiger charge is -2.19. The summed E-state index contributed by atoms with van der Waals surface area (Å²) in [6, 6.07) is 18.7. The Morgan fingerprint density at radius 1 is 0.963 bits per heavy atom. The molecule has 27 heavy (non-hydrogen) atoms. The van der Waals surface area contributed by atoms with Crippen LogP contribution in [0.15, 0.2) is 66.9 Å². The van der Waals surface area contributed by atoms with Gasteiger partial charge in [-0.1, -0.05) is 18.2 Å². The van der Waals surface area contributed by atoms with Crippen molar-refractivity contribution in [3.63, 3.8) is 0 Å². The highest BCUT2D eigenvalue weighted by atomic mass is 16.5. The Morgan fingerprint density at radius 2 is 1.74 bits per heavy atom. The Hall–Kier alpha value is -3.54. The minimum Gasteiger partial charge on any atom is -0.497 e. The highest BCUT2D eigenvalue weighted by molar-refractivity contribution is 6.03. The van der Waals surface area contributed by atoms with Crippen molar-refractivity contribution < 1.29 is 14.3 Å². The molecule has 0 unspecified atom stereocenters. The number of nitrogens with one attached hydrogen (secondary N) is 1. The molecular weight excluding hydrogens is 342 g/mol. The number of ether oxygens (including phenoxy) is 2. The number of aromatic nitrogens is 1. The fourth-order valence-electron chi connectivity index (χ4n) is 2.61. The van der Waals surface area contributed by atoms with E-state index in [0.717, 1.165) is 11.4 Å². The van der Waals surface area contributed by atoms with Gasteiger partial charge in [0.15, 0.2) is 0 Å². The Morgan fingerprint density at radius 3 is 2.37 bits per heavy atom. The van der Waals surface area contributed by atoms with E-state index in [4.69, 9.17) is 9.47 Å². The summed E-state index contributed by atoms with van der Waals surface area (Å²) in [5, 5.41) is 2.81. The summed E-state index contributed by atoms with van der Waals surface area (Å²) >= 11 is 0. The van der Waals surface area contributed by atoms with Crippen molar-refractivity contribution in [3.8, 4) is 11.5 Å². The predicted molar refractivity (Wildman–Crippen MR) is 106 cm³/mol. The normalized spacial score (nSPS) is 10.2. The Bertz CT molecular complexity index is 912. The van der Waals surface area contributed by atoms with Crippen LogP contribution in [0.5, 0.6) is 11.5 Å². The first-order valence-corrected chi connectivity index (χ1v) is 8.40. The number of carbonyl (C=O) groups excluding carboxylic acids is 1. The van der Waals surface area contributed by atoms with Crippen LogP contribution < -0.4 is 19.7 Å². The lowest BCUT2D eigenvalue weighted by molar-refractivity contribution is 0.102. The Labute approximate surface area is 158 Å². The number of para-hydroxylation sites is 1. The average Bonchev–Trinajstić information content (AvgIpc) is 2.74. The summed E-state index contributed by atoms with van der Waals surface area (Å²) in [6.07, 6.45) is 1.67. The molecule has 3 rings (SSSR count). The number of hydrogen-bond acceptors (Lipinski definition) is 5. The fraction of sp³-hybridized carbons (Fsp3) is 0.143. The second kappa shape index (κ2) is 8.23. The van der Waals surface area contributed by atoms with E-state index in [1.807, 2.05) is 48.3 Å². The van der Waals surface area contributed by atoms with Crippen molar-refractivity contribution in [1.82, 2.24) is 4.98 Å². The molecule has 0 radical (unpaired) electrons. The first kappa shape index (κ1) is 18.3. The molecule has 0 spiro atoms. The molecule has 6 nitrogen and oxygen atoms in total. The number of rotatable bonds is 6. The van der Waals surface area contributed by atoms with Crippen LogP contribution >= 0.6 is 0 Å². The first-order chi connectivity index (χ1) is 13.1. The molecule has 1 aromatic heterocycles. The van der Waals surface area contributed by atoms with Crippen molar-refractivity contribution in [1.29, 1.82) is 0 Å². The van der Waals surface area contributed by atoms with Gasteiger partial charge in [0.05, 0.1) is 31.8 Å². The summed E-state index contributed by atoms with van der Waals surface area (Å²) < 4.78 is 10.5. The molecule has 3 aromatic rings.